The van der Waals surface area contributed by atoms with Crippen LogP contribution in [0.1, 0.15) is 12.0 Å². The number of anilines is 2. The van der Waals surface area contributed by atoms with Crippen LogP contribution in [0.15, 0.2) is 54.6 Å². The predicted molar refractivity (Wildman–Crippen MR) is 112 cm³/mol. The van der Waals surface area contributed by atoms with Crippen molar-refractivity contribution < 1.29 is 4.79 Å². The van der Waals surface area contributed by atoms with E-state index in [1.807, 2.05) is 53.4 Å². The van der Waals surface area contributed by atoms with Crippen molar-refractivity contribution in [2.75, 3.05) is 43.4 Å². The third kappa shape index (κ3) is 4.43. The fourth-order valence-electron chi connectivity index (χ4n) is 4.05. The van der Waals surface area contributed by atoms with Crippen molar-refractivity contribution in [3.8, 4) is 0 Å². The van der Waals surface area contributed by atoms with Gasteiger partial charge in [0.25, 0.3) is 0 Å². The van der Waals surface area contributed by atoms with Crippen LogP contribution >= 0.6 is 12.4 Å². The number of rotatable bonds is 4. The molecule has 1 atom stereocenters. The highest BCUT2D eigenvalue weighted by Gasteiger charge is 2.37. The Labute approximate surface area is 167 Å². The van der Waals surface area contributed by atoms with Crippen LogP contribution in [0, 0.1) is 0 Å². The predicted octanol–water partition coefficient (Wildman–Crippen LogP) is 2.61. The largest absolute Gasteiger partial charge is 0.399 e. The molecule has 1 amide bonds. The van der Waals surface area contributed by atoms with Gasteiger partial charge in [-0.2, -0.15) is 0 Å². The molecule has 27 heavy (non-hydrogen) atoms. The molecule has 0 radical (unpaired) electrons. The molecule has 5 nitrogen and oxygen atoms in total. The van der Waals surface area contributed by atoms with Crippen LogP contribution in [0.5, 0.6) is 0 Å². The number of amides is 1. The number of nitrogen functional groups attached to an aromatic ring is 1. The van der Waals surface area contributed by atoms with Gasteiger partial charge in [0.2, 0.25) is 5.91 Å². The molecule has 2 N–H and O–H groups in total. The number of nitrogens with two attached hydrogens (primary N) is 1. The summed E-state index contributed by atoms with van der Waals surface area (Å²) in [4.78, 5) is 19.6. The van der Waals surface area contributed by atoms with Crippen molar-refractivity contribution in [3.05, 3.63) is 60.2 Å². The Morgan fingerprint density at radius 3 is 2.37 bits per heavy atom. The number of piperazine rings is 1. The molecular weight excluding hydrogens is 360 g/mol. The van der Waals surface area contributed by atoms with Crippen molar-refractivity contribution in [1.29, 1.82) is 0 Å². The van der Waals surface area contributed by atoms with E-state index in [2.05, 4.69) is 15.9 Å². The SMILES string of the molecule is Cl.Nc1cccc(CN2CCN(C3CCN(c4ccccc4)C3=O)CC2)c1. The first kappa shape index (κ1) is 19.7. The summed E-state index contributed by atoms with van der Waals surface area (Å²) in [5.41, 5.74) is 8.96. The smallest absolute Gasteiger partial charge is 0.244 e. The quantitative estimate of drug-likeness (QED) is 0.821. The maximum atomic E-state index is 12.9. The maximum Gasteiger partial charge on any atom is 0.244 e. The summed E-state index contributed by atoms with van der Waals surface area (Å²) in [6.45, 7) is 5.61. The number of hydrogen-bond acceptors (Lipinski definition) is 4. The highest BCUT2D eigenvalue weighted by atomic mass is 35.5. The number of carbonyl (C=O) groups is 1. The molecular formula is C21H27ClN4O. The van der Waals surface area contributed by atoms with E-state index in [-0.39, 0.29) is 24.4 Å². The molecule has 2 aromatic rings. The Morgan fingerprint density at radius 2 is 1.67 bits per heavy atom. The number of carbonyl (C=O) groups excluding carboxylic acids is 1. The van der Waals surface area contributed by atoms with Crippen molar-refractivity contribution >= 4 is 29.7 Å². The second-order valence-electron chi connectivity index (χ2n) is 7.19. The number of nitrogens with zero attached hydrogens (tertiary/aromatic N) is 3. The minimum absolute atomic E-state index is 0. The van der Waals surface area contributed by atoms with Gasteiger partial charge in [-0.3, -0.25) is 14.6 Å². The van der Waals surface area contributed by atoms with Crippen molar-refractivity contribution in [3.63, 3.8) is 0 Å². The molecule has 0 spiro atoms. The fraction of sp³-hybridized carbons (Fsp3) is 0.381. The van der Waals surface area contributed by atoms with Gasteiger partial charge in [-0.15, -0.1) is 12.4 Å². The van der Waals surface area contributed by atoms with Crippen molar-refractivity contribution in [1.82, 2.24) is 9.80 Å². The van der Waals surface area contributed by atoms with Gasteiger partial charge < -0.3 is 10.6 Å². The summed E-state index contributed by atoms with van der Waals surface area (Å²) in [6, 6.07) is 18.1. The van der Waals surface area contributed by atoms with E-state index in [0.717, 1.165) is 57.1 Å². The molecule has 2 aliphatic rings. The molecule has 0 aromatic heterocycles. The average Bonchev–Trinajstić information content (AvgIpc) is 3.05. The van der Waals surface area contributed by atoms with E-state index in [0.29, 0.717) is 0 Å². The van der Waals surface area contributed by atoms with E-state index in [9.17, 15) is 4.79 Å². The van der Waals surface area contributed by atoms with Crippen LogP contribution in [0.3, 0.4) is 0 Å². The number of hydrogen-bond donors (Lipinski definition) is 1. The summed E-state index contributed by atoms with van der Waals surface area (Å²) in [5, 5.41) is 0. The van der Waals surface area contributed by atoms with E-state index in [1.54, 1.807) is 0 Å². The van der Waals surface area contributed by atoms with Gasteiger partial charge in [0.05, 0.1) is 6.04 Å². The highest BCUT2D eigenvalue weighted by molar-refractivity contribution is 5.99. The topological polar surface area (TPSA) is 52.8 Å². The van der Waals surface area contributed by atoms with Crippen LogP contribution < -0.4 is 10.6 Å². The fourth-order valence-corrected chi connectivity index (χ4v) is 4.05. The lowest BCUT2D eigenvalue weighted by Crippen LogP contribution is -2.52. The Morgan fingerprint density at radius 1 is 0.926 bits per heavy atom. The van der Waals surface area contributed by atoms with E-state index < -0.39 is 0 Å². The Kier molecular flexibility index (Phi) is 6.37. The van der Waals surface area contributed by atoms with Gasteiger partial charge in [-0.25, -0.2) is 0 Å². The van der Waals surface area contributed by atoms with Crippen LogP contribution in [0.2, 0.25) is 0 Å². The zero-order chi connectivity index (χ0) is 17.9. The second-order valence-corrected chi connectivity index (χ2v) is 7.19. The van der Waals surface area contributed by atoms with Gasteiger partial charge in [-0.1, -0.05) is 30.3 Å². The summed E-state index contributed by atoms with van der Waals surface area (Å²) in [7, 11) is 0. The third-order valence-electron chi connectivity index (χ3n) is 5.45. The number of halogens is 1. The standard InChI is InChI=1S/C21H26N4O.ClH/c22-18-6-4-5-17(15-18)16-23-11-13-24(14-12-23)20-9-10-25(21(20)26)19-7-2-1-3-8-19;/h1-8,15,20H,9-14,16,22H2;1H. The van der Waals surface area contributed by atoms with Gasteiger partial charge in [-0.05, 0) is 36.2 Å². The molecule has 2 fully saturated rings. The van der Waals surface area contributed by atoms with Crippen LogP contribution in [-0.4, -0.2) is 54.5 Å². The summed E-state index contributed by atoms with van der Waals surface area (Å²) < 4.78 is 0. The maximum absolute atomic E-state index is 12.9. The minimum atomic E-state index is 0. The second kappa shape index (κ2) is 8.74. The number of para-hydroxylation sites is 1. The molecule has 144 valence electrons. The van der Waals surface area contributed by atoms with Crippen LogP contribution in [-0.2, 0) is 11.3 Å². The molecule has 0 aliphatic carbocycles. The summed E-state index contributed by atoms with van der Waals surface area (Å²) in [5.74, 6) is 0.250. The molecule has 6 heteroatoms. The molecule has 0 bridgehead atoms. The average molecular weight is 387 g/mol. The lowest BCUT2D eigenvalue weighted by atomic mass is 10.1. The summed E-state index contributed by atoms with van der Waals surface area (Å²) in [6.07, 6.45) is 0.920. The number of benzene rings is 2. The van der Waals surface area contributed by atoms with Crippen LogP contribution in [0.25, 0.3) is 0 Å². The molecule has 2 aromatic carbocycles. The first-order valence-corrected chi connectivity index (χ1v) is 9.38. The molecule has 2 saturated heterocycles. The third-order valence-corrected chi connectivity index (χ3v) is 5.45. The molecule has 2 heterocycles. The molecule has 2 aliphatic heterocycles. The normalized spacial score (nSPS) is 21.3. The molecule has 4 rings (SSSR count). The highest BCUT2D eigenvalue weighted by Crippen LogP contribution is 2.25. The van der Waals surface area contributed by atoms with Gasteiger partial charge in [0.15, 0.2) is 0 Å². The van der Waals surface area contributed by atoms with Crippen LogP contribution in [0.4, 0.5) is 11.4 Å². The van der Waals surface area contributed by atoms with Gasteiger partial charge in [0.1, 0.15) is 0 Å². The molecule has 0 saturated carbocycles. The Bertz CT molecular complexity index is 762. The molecule has 1 unspecified atom stereocenters. The van der Waals surface area contributed by atoms with Gasteiger partial charge in [0, 0.05) is 50.6 Å². The van der Waals surface area contributed by atoms with Crippen molar-refractivity contribution in [2.24, 2.45) is 0 Å². The Hall–Kier alpha value is -2.08. The monoisotopic (exact) mass is 386 g/mol. The summed E-state index contributed by atoms with van der Waals surface area (Å²) >= 11 is 0. The zero-order valence-corrected chi connectivity index (χ0v) is 16.3. The van der Waals surface area contributed by atoms with E-state index in [4.69, 9.17) is 5.73 Å². The lowest BCUT2D eigenvalue weighted by molar-refractivity contribution is -0.122. The first-order chi connectivity index (χ1) is 12.7. The van der Waals surface area contributed by atoms with E-state index in [1.165, 1.54) is 5.56 Å². The zero-order valence-electron chi connectivity index (χ0n) is 15.5. The van der Waals surface area contributed by atoms with E-state index >= 15 is 0 Å². The van der Waals surface area contributed by atoms with Gasteiger partial charge >= 0.3 is 0 Å². The lowest BCUT2D eigenvalue weighted by Gasteiger charge is -2.37. The minimum Gasteiger partial charge on any atom is -0.399 e. The first-order valence-electron chi connectivity index (χ1n) is 9.38. The van der Waals surface area contributed by atoms with Crippen molar-refractivity contribution in [2.45, 2.75) is 19.0 Å². The Balaban J connectivity index is 0.00000210.